The number of phosphoric ester groups is 1. The zero-order valence-corrected chi connectivity index (χ0v) is 25.2. The first-order valence-electron chi connectivity index (χ1n) is 15.1. The lowest BCUT2D eigenvalue weighted by atomic mass is 9.95. The van der Waals surface area contributed by atoms with Gasteiger partial charge in [-0.1, -0.05) is 71.1 Å². The fourth-order valence-electron chi connectivity index (χ4n) is 5.51. The lowest BCUT2D eigenvalue weighted by Gasteiger charge is -2.35. The van der Waals surface area contributed by atoms with Gasteiger partial charge in [0.25, 0.3) is 0 Å². The van der Waals surface area contributed by atoms with Crippen molar-refractivity contribution in [2.75, 3.05) is 33.4 Å². The first-order valence-corrected chi connectivity index (χ1v) is 16.6. The van der Waals surface area contributed by atoms with E-state index in [2.05, 4.69) is 11.8 Å². The SMILES string of the molecule is CCCCCCCCCCCC1(CCCCCCOP(=O)(O)OC2CCN(C)CC2)OCC(C)(C)N1[O]. The average Bonchev–Trinajstić information content (AvgIpc) is 3.08. The van der Waals surface area contributed by atoms with Gasteiger partial charge in [-0.05, 0) is 65.8 Å². The fraction of sp³-hybridized carbons (Fsp3) is 1.00. The predicted molar refractivity (Wildman–Crippen MR) is 148 cm³/mol. The lowest BCUT2D eigenvalue weighted by Crippen LogP contribution is -2.49. The molecule has 8 nitrogen and oxygen atoms in total. The van der Waals surface area contributed by atoms with Gasteiger partial charge in [0.1, 0.15) is 5.72 Å². The van der Waals surface area contributed by atoms with Crippen LogP contribution in [0.3, 0.4) is 0 Å². The summed E-state index contributed by atoms with van der Waals surface area (Å²) in [6.45, 7) is 8.61. The number of rotatable bonds is 20. The van der Waals surface area contributed by atoms with Crippen molar-refractivity contribution >= 4 is 7.82 Å². The minimum Gasteiger partial charge on any atom is -0.356 e. The molecule has 1 N–H and O–H groups in total. The topological polar surface area (TPSA) is 91.4 Å². The van der Waals surface area contributed by atoms with Crippen molar-refractivity contribution in [3.63, 3.8) is 0 Å². The van der Waals surface area contributed by atoms with Gasteiger partial charge in [-0.3, -0.25) is 9.05 Å². The summed E-state index contributed by atoms with van der Waals surface area (Å²) in [6, 6.07) is 0. The molecule has 0 spiro atoms. The van der Waals surface area contributed by atoms with Crippen molar-refractivity contribution in [2.24, 2.45) is 0 Å². The fourth-order valence-corrected chi connectivity index (χ4v) is 6.52. The normalized spacial score (nSPS) is 25.0. The highest BCUT2D eigenvalue weighted by Crippen LogP contribution is 2.46. The second kappa shape index (κ2) is 16.9. The van der Waals surface area contributed by atoms with E-state index in [0.717, 1.165) is 70.9 Å². The Bertz CT molecular complexity index is 659. The van der Waals surface area contributed by atoms with E-state index in [9.17, 15) is 14.7 Å². The third kappa shape index (κ3) is 12.3. The number of hydroxylamine groups is 2. The van der Waals surface area contributed by atoms with Crippen LogP contribution in [0.5, 0.6) is 0 Å². The maximum atomic E-state index is 13.2. The molecule has 2 atom stereocenters. The molecular weight excluding hydrogens is 491 g/mol. The molecule has 2 aliphatic heterocycles. The van der Waals surface area contributed by atoms with Crippen LogP contribution in [0.2, 0.25) is 0 Å². The summed E-state index contributed by atoms with van der Waals surface area (Å²) < 4.78 is 29.0. The van der Waals surface area contributed by atoms with Crippen LogP contribution >= 0.6 is 7.82 Å². The lowest BCUT2D eigenvalue weighted by molar-refractivity contribution is -0.296. The van der Waals surface area contributed by atoms with Crippen molar-refractivity contribution in [2.45, 2.75) is 147 Å². The minimum atomic E-state index is -4.00. The summed E-state index contributed by atoms with van der Waals surface area (Å²) in [5.41, 5.74) is -1.19. The van der Waals surface area contributed by atoms with Gasteiger partial charge in [-0.2, -0.15) is 0 Å². The molecule has 1 radical (unpaired) electrons. The Morgan fingerprint density at radius 1 is 0.892 bits per heavy atom. The second-order valence-electron chi connectivity index (χ2n) is 12.0. The summed E-state index contributed by atoms with van der Waals surface area (Å²) >= 11 is 0. The van der Waals surface area contributed by atoms with E-state index in [0.29, 0.717) is 13.0 Å². The van der Waals surface area contributed by atoms with Crippen molar-refractivity contribution in [3.05, 3.63) is 0 Å². The van der Waals surface area contributed by atoms with Crippen molar-refractivity contribution < 1.29 is 28.5 Å². The second-order valence-corrected chi connectivity index (χ2v) is 13.4. The number of unbranched alkanes of at least 4 members (excludes halogenated alkanes) is 11. The van der Waals surface area contributed by atoms with Crippen LogP contribution in [0.15, 0.2) is 0 Å². The van der Waals surface area contributed by atoms with E-state index >= 15 is 0 Å². The zero-order chi connectivity index (χ0) is 27.2. The summed E-state index contributed by atoms with van der Waals surface area (Å²) in [5, 5.41) is 14.4. The van der Waals surface area contributed by atoms with Crippen molar-refractivity contribution in [1.82, 2.24) is 9.96 Å². The molecule has 219 valence electrons. The number of piperidine rings is 1. The Hall–Kier alpha value is -0.0500. The van der Waals surface area contributed by atoms with Gasteiger partial charge in [0.2, 0.25) is 0 Å². The van der Waals surface area contributed by atoms with Crippen LogP contribution in [-0.2, 0) is 23.6 Å². The third-order valence-electron chi connectivity index (χ3n) is 7.95. The predicted octanol–water partition coefficient (Wildman–Crippen LogP) is 7.24. The van der Waals surface area contributed by atoms with Crippen LogP contribution in [-0.4, -0.2) is 65.6 Å². The van der Waals surface area contributed by atoms with Crippen LogP contribution in [0.4, 0.5) is 0 Å². The molecule has 0 amide bonds. The summed E-state index contributed by atoms with van der Waals surface area (Å²) in [7, 11) is -1.96. The molecule has 0 aromatic rings. The molecule has 2 heterocycles. The molecule has 0 aromatic carbocycles. The number of likely N-dealkylation sites (tertiary alicyclic amines) is 1. The summed E-state index contributed by atoms with van der Waals surface area (Å²) in [4.78, 5) is 12.2. The molecule has 2 aliphatic rings. The van der Waals surface area contributed by atoms with E-state index < -0.39 is 19.1 Å². The Morgan fingerprint density at radius 2 is 1.41 bits per heavy atom. The van der Waals surface area contributed by atoms with Gasteiger partial charge in [0.05, 0.1) is 24.9 Å². The van der Waals surface area contributed by atoms with Gasteiger partial charge in [-0.25, -0.2) is 4.57 Å². The molecular formula is C28H56N2O6P. The molecule has 0 saturated carbocycles. The van der Waals surface area contributed by atoms with Gasteiger partial charge in [0, 0.05) is 13.1 Å². The number of hydrogen-bond acceptors (Lipinski definition) is 6. The monoisotopic (exact) mass is 547 g/mol. The molecule has 0 aromatic heterocycles. The first-order chi connectivity index (χ1) is 17.6. The molecule has 2 rings (SSSR count). The standard InChI is InChI=1S/C28H56N2O6P/c1-5-6-7-8-9-10-11-12-15-20-28(30(31)27(2,3)25-34-28)21-16-13-14-17-24-35-37(32,33)36-26-18-22-29(4)23-19-26/h26H,5-25H2,1-4H3,(H,32,33). The van der Waals surface area contributed by atoms with E-state index in [1.54, 1.807) is 0 Å². The Labute approximate surface area is 227 Å². The van der Waals surface area contributed by atoms with Crippen LogP contribution < -0.4 is 0 Å². The van der Waals surface area contributed by atoms with Gasteiger partial charge in [-0.15, -0.1) is 10.3 Å². The number of phosphoric acid groups is 1. The number of ether oxygens (including phenoxy) is 1. The Kier molecular flexibility index (Phi) is 15.2. The Balaban J connectivity index is 1.62. The maximum Gasteiger partial charge on any atom is 0.472 e. The van der Waals surface area contributed by atoms with E-state index in [1.165, 1.54) is 50.0 Å². The van der Waals surface area contributed by atoms with Crippen LogP contribution in [0, 0.1) is 0 Å². The molecule has 0 aliphatic carbocycles. The van der Waals surface area contributed by atoms with Crippen molar-refractivity contribution in [1.29, 1.82) is 0 Å². The number of hydrogen-bond donors (Lipinski definition) is 1. The van der Waals surface area contributed by atoms with E-state index in [-0.39, 0.29) is 12.7 Å². The van der Waals surface area contributed by atoms with Crippen molar-refractivity contribution in [3.8, 4) is 0 Å². The van der Waals surface area contributed by atoms with Gasteiger partial charge in [0.15, 0.2) is 0 Å². The van der Waals surface area contributed by atoms with Gasteiger partial charge < -0.3 is 14.5 Å². The molecule has 9 heteroatoms. The molecule has 2 saturated heterocycles. The molecule has 37 heavy (non-hydrogen) atoms. The zero-order valence-electron chi connectivity index (χ0n) is 24.3. The first kappa shape index (κ1) is 33.2. The number of nitrogens with zero attached hydrogens (tertiary/aromatic N) is 2. The summed E-state index contributed by atoms with van der Waals surface area (Å²) in [6.07, 6.45) is 17.6. The summed E-state index contributed by atoms with van der Waals surface area (Å²) in [5.74, 6) is 0. The largest absolute Gasteiger partial charge is 0.472 e. The Morgan fingerprint density at radius 3 is 1.92 bits per heavy atom. The highest BCUT2D eigenvalue weighted by atomic mass is 31.2. The van der Waals surface area contributed by atoms with Crippen LogP contribution in [0.25, 0.3) is 0 Å². The van der Waals surface area contributed by atoms with Gasteiger partial charge >= 0.3 is 7.82 Å². The molecule has 0 bridgehead atoms. The van der Waals surface area contributed by atoms with E-state index in [4.69, 9.17) is 13.8 Å². The highest BCUT2D eigenvalue weighted by Gasteiger charge is 2.51. The van der Waals surface area contributed by atoms with E-state index in [1.807, 2.05) is 20.9 Å². The molecule has 2 fully saturated rings. The maximum absolute atomic E-state index is 13.2. The third-order valence-corrected chi connectivity index (χ3v) is 9.02. The quantitative estimate of drug-likeness (QED) is 0.127. The average molecular weight is 548 g/mol. The smallest absolute Gasteiger partial charge is 0.356 e. The minimum absolute atomic E-state index is 0.209. The molecule has 2 unspecified atom stereocenters. The van der Waals surface area contributed by atoms with Crippen LogP contribution in [0.1, 0.15) is 130 Å². The highest BCUT2D eigenvalue weighted by molar-refractivity contribution is 7.47.